The molecule has 1 aliphatic heterocycles. The molecule has 0 aromatic heterocycles. The van der Waals surface area contributed by atoms with E-state index in [1.54, 1.807) is 0 Å². The molecule has 0 aromatic rings. The molecule has 2 unspecified atom stereocenters. The quantitative estimate of drug-likeness (QED) is 0.780. The van der Waals surface area contributed by atoms with Crippen LogP contribution in [0.3, 0.4) is 0 Å². The Morgan fingerprint density at radius 2 is 1.83 bits per heavy atom. The molecule has 2 nitrogen and oxygen atoms in total. The minimum Gasteiger partial charge on any atom is -0.312 e. The van der Waals surface area contributed by atoms with Gasteiger partial charge in [0, 0.05) is 18.1 Å². The van der Waals surface area contributed by atoms with Crippen LogP contribution in [0.5, 0.6) is 0 Å². The van der Waals surface area contributed by atoms with Crippen LogP contribution >= 0.6 is 0 Å². The molecule has 1 aliphatic rings. The van der Waals surface area contributed by atoms with Crippen LogP contribution in [0.4, 0.5) is 0 Å². The molecule has 1 rings (SSSR count). The van der Waals surface area contributed by atoms with Gasteiger partial charge >= 0.3 is 0 Å². The Bertz CT molecular complexity index is 228. The van der Waals surface area contributed by atoms with Gasteiger partial charge in [-0.25, -0.2) is 0 Å². The van der Waals surface area contributed by atoms with Crippen LogP contribution in [0.25, 0.3) is 0 Å². The Hall–Kier alpha value is -0.0800. The second kappa shape index (κ2) is 6.91. The predicted molar refractivity (Wildman–Crippen MR) is 81.0 cm³/mol. The van der Waals surface area contributed by atoms with Crippen molar-refractivity contribution in [2.45, 2.75) is 72.4 Å². The fraction of sp³-hybridized carbons (Fsp3) is 1.00. The molecule has 0 bridgehead atoms. The first-order valence-electron chi connectivity index (χ1n) is 7.86. The largest absolute Gasteiger partial charge is 0.312 e. The summed E-state index contributed by atoms with van der Waals surface area (Å²) in [5, 5.41) is 3.65. The number of hydrogen-bond acceptors (Lipinski definition) is 2. The van der Waals surface area contributed by atoms with Crippen LogP contribution < -0.4 is 5.32 Å². The van der Waals surface area contributed by atoms with Crippen molar-refractivity contribution < 1.29 is 0 Å². The van der Waals surface area contributed by atoms with Crippen molar-refractivity contribution in [3.05, 3.63) is 0 Å². The van der Waals surface area contributed by atoms with Crippen molar-refractivity contribution in [2.24, 2.45) is 11.8 Å². The Labute approximate surface area is 115 Å². The minimum atomic E-state index is 0.258. The number of likely N-dealkylation sites (tertiary alicyclic amines) is 1. The molecule has 1 heterocycles. The van der Waals surface area contributed by atoms with Crippen molar-refractivity contribution in [1.82, 2.24) is 10.2 Å². The van der Waals surface area contributed by atoms with E-state index in [1.807, 2.05) is 0 Å². The summed E-state index contributed by atoms with van der Waals surface area (Å²) < 4.78 is 0. The summed E-state index contributed by atoms with van der Waals surface area (Å²) >= 11 is 0. The van der Waals surface area contributed by atoms with Crippen molar-refractivity contribution >= 4 is 0 Å². The van der Waals surface area contributed by atoms with E-state index in [9.17, 15) is 0 Å². The lowest BCUT2D eigenvalue weighted by Gasteiger charge is -2.31. The summed E-state index contributed by atoms with van der Waals surface area (Å²) in [6.07, 6.45) is 4.01. The Morgan fingerprint density at radius 1 is 1.22 bits per heavy atom. The molecule has 0 spiro atoms. The summed E-state index contributed by atoms with van der Waals surface area (Å²) in [6, 6.07) is 0.764. The highest BCUT2D eigenvalue weighted by Crippen LogP contribution is 2.25. The van der Waals surface area contributed by atoms with Crippen LogP contribution in [0.2, 0.25) is 0 Å². The molecule has 108 valence electrons. The fourth-order valence-corrected chi connectivity index (χ4v) is 3.12. The molecule has 1 saturated heterocycles. The van der Waals surface area contributed by atoms with Gasteiger partial charge < -0.3 is 10.2 Å². The summed E-state index contributed by atoms with van der Waals surface area (Å²) in [4.78, 5) is 2.71. The van der Waals surface area contributed by atoms with E-state index in [2.05, 4.69) is 51.8 Å². The summed E-state index contributed by atoms with van der Waals surface area (Å²) in [7, 11) is 0. The topological polar surface area (TPSA) is 15.3 Å². The summed E-state index contributed by atoms with van der Waals surface area (Å²) in [5.74, 6) is 1.72. The first-order chi connectivity index (χ1) is 8.37. The predicted octanol–water partition coefficient (Wildman–Crippen LogP) is 3.52. The average molecular weight is 254 g/mol. The van der Waals surface area contributed by atoms with Crippen molar-refractivity contribution in [1.29, 1.82) is 0 Å². The van der Waals surface area contributed by atoms with E-state index in [-0.39, 0.29) is 5.54 Å². The Morgan fingerprint density at radius 3 is 2.33 bits per heavy atom. The molecule has 1 N–H and O–H groups in total. The third kappa shape index (κ3) is 4.89. The average Bonchev–Trinajstić information content (AvgIpc) is 2.75. The summed E-state index contributed by atoms with van der Waals surface area (Å²) in [5.41, 5.74) is 0.258. The minimum absolute atomic E-state index is 0.258. The Balaban J connectivity index is 2.36. The third-order valence-electron chi connectivity index (χ3n) is 4.55. The maximum absolute atomic E-state index is 3.65. The maximum atomic E-state index is 3.65. The van der Waals surface area contributed by atoms with Gasteiger partial charge in [0.2, 0.25) is 0 Å². The van der Waals surface area contributed by atoms with E-state index in [0.29, 0.717) is 0 Å². The molecule has 2 atom stereocenters. The van der Waals surface area contributed by atoms with E-state index in [0.717, 1.165) is 17.9 Å². The monoisotopic (exact) mass is 254 g/mol. The first-order valence-corrected chi connectivity index (χ1v) is 7.86. The van der Waals surface area contributed by atoms with Gasteiger partial charge in [0.15, 0.2) is 0 Å². The SMILES string of the molecule is CCC(CC)C(C)N1CCC(CNC(C)(C)C)C1. The van der Waals surface area contributed by atoms with Crippen LogP contribution in [0.15, 0.2) is 0 Å². The van der Waals surface area contributed by atoms with Gasteiger partial charge in [-0.05, 0) is 59.0 Å². The van der Waals surface area contributed by atoms with Crippen LogP contribution in [0.1, 0.15) is 60.8 Å². The molecule has 2 heteroatoms. The second-order valence-electron chi connectivity index (χ2n) is 7.10. The molecule has 1 fully saturated rings. The smallest absolute Gasteiger partial charge is 0.00966 e. The van der Waals surface area contributed by atoms with Gasteiger partial charge in [-0.3, -0.25) is 0 Å². The maximum Gasteiger partial charge on any atom is 0.00966 e. The molecular formula is C16H34N2. The van der Waals surface area contributed by atoms with E-state index < -0.39 is 0 Å². The fourth-order valence-electron chi connectivity index (χ4n) is 3.12. The van der Waals surface area contributed by atoms with Crippen LogP contribution in [-0.4, -0.2) is 36.1 Å². The van der Waals surface area contributed by atoms with Gasteiger partial charge in [-0.2, -0.15) is 0 Å². The zero-order valence-corrected chi connectivity index (χ0v) is 13.4. The lowest BCUT2D eigenvalue weighted by Crippen LogP contribution is -2.41. The van der Waals surface area contributed by atoms with Gasteiger partial charge in [0.05, 0.1) is 0 Å². The van der Waals surface area contributed by atoms with Crippen molar-refractivity contribution in [2.75, 3.05) is 19.6 Å². The van der Waals surface area contributed by atoms with Gasteiger partial charge in [-0.1, -0.05) is 26.7 Å². The molecule has 18 heavy (non-hydrogen) atoms. The van der Waals surface area contributed by atoms with Crippen LogP contribution in [-0.2, 0) is 0 Å². The number of nitrogens with one attached hydrogen (secondary N) is 1. The highest BCUT2D eigenvalue weighted by Gasteiger charge is 2.29. The Kier molecular flexibility index (Phi) is 6.13. The highest BCUT2D eigenvalue weighted by molar-refractivity contribution is 4.84. The van der Waals surface area contributed by atoms with Crippen molar-refractivity contribution in [3.8, 4) is 0 Å². The molecule has 0 aromatic carbocycles. The third-order valence-corrected chi connectivity index (χ3v) is 4.55. The normalized spacial score (nSPS) is 23.8. The van der Waals surface area contributed by atoms with Crippen molar-refractivity contribution in [3.63, 3.8) is 0 Å². The van der Waals surface area contributed by atoms with Gasteiger partial charge in [0.1, 0.15) is 0 Å². The number of nitrogens with zero attached hydrogens (tertiary/aromatic N) is 1. The lowest BCUT2D eigenvalue weighted by atomic mass is 9.94. The van der Waals surface area contributed by atoms with Gasteiger partial charge in [-0.15, -0.1) is 0 Å². The zero-order valence-electron chi connectivity index (χ0n) is 13.4. The standard InChI is InChI=1S/C16H34N2/c1-7-15(8-2)13(3)18-10-9-14(12-18)11-17-16(4,5)6/h13-15,17H,7-12H2,1-6H3. The lowest BCUT2D eigenvalue weighted by molar-refractivity contribution is 0.174. The molecular weight excluding hydrogens is 220 g/mol. The zero-order chi connectivity index (χ0) is 13.8. The first kappa shape index (κ1) is 16.0. The van der Waals surface area contributed by atoms with E-state index in [4.69, 9.17) is 0 Å². The highest BCUT2D eigenvalue weighted by atomic mass is 15.2. The van der Waals surface area contributed by atoms with E-state index in [1.165, 1.54) is 38.9 Å². The van der Waals surface area contributed by atoms with E-state index >= 15 is 0 Å². The second-order valence-corrected chi connectivity index (χ2v) is 7.10. The molecule has 0 amide bonds. The molecule has 0 aliphatic carbocycles. The number of rotatable bonds is 6. The molecule has 0 saturated carbocycles. The molecule has 0 radical (unpaired) electrons. The summed E-state index contributed by atoms with van der Waals surface area (Å²) in [6.45, 7) is 17.6. The van der Waals surface area contributed by atoms with Crippen LogP contribution in [0, 0.1) is 11.8 Å². The number of hydrogen-bond donors (Lipinski definition) is 1. The van der Waals surface area contributed by atoms with Gasteiger partial charge in [0.25, 0.3) is 0 Å².